The third-order valence-corrected chi connectivity index (χ3v) is 3.85. The summed E-state index contributed by atoms with van der Waals surface area (Å²) in [6.45, 7) is 1.88. The average Bonchev–Trinajstić information content (AvgIpc) is 2.54. The van der Waals surface area contributed by atoms with Gasteiger partial charge in [-0.25, -0.2) is 0 Å². The van der Waals surface area contributed by atoms with Gasteiger partial charge in [0.05, 0.1) is 10.6 Å². The van der Waals surface area contributed by atoms with E-state index >= 15 is 0 Å². The van der Waals surface area contributed by atoms with E-state index < -0.39 is 0 Å². The molecule has 1 aliphatic rings. The van der Waals surface area contributed by atoms with E-state index in [2.05, 4.69) is 11.0 Å². The zero-order chi connectivity index (χ0) is 15.5. The molecule has 4 nitrogen and oxygen atoms in total. The van der Waals surface area contributed by atoms with Gasteiger partial charge in [0.25, 0.3) is 0 Å². The van der Waals surface area contributed by atoms with E-state index in [0.717, 1.165) is 22.7 Å². The third kappa shape index (κ3) is 2.95. The second-order valence-corrected chi connectivity index (χ2v) is 5.52. The van der Waals surface area contributed by atoms with Gasteiger partial charge in [0.2, 0.25) is 0 Å². The molecule has 1 aliphatic heterocycles. The van der Waals surface area contributed by atoms with Crippen molar-refractivity contribution in [3.63, 3.8) is 0 Å². The molecule has 0 spiro atoms. The number of nitriles is 1. The van der Waals surface area contributed by atoms with Crippen molar-refractivity contribution in [2.75, 3.05) is 25.2 Å². The molecule has 2 aromatic rings. The van der Waals surface area contributed by atoms with Crippen molar-refractivity contribution in [1.29, 1.82) is 5.26 Å². The van der Waals surface area contributed by atoms with Gasteiger partial charge in [-0.15, -0.1) is 0 Å². The fourth-order valence-corrected chi connectivity index (χ4v) is 2.60. The lowest BCUT2D eigenvalue weighted by Gasteiger charge is -2.22. The van der Waals surface area contributed by atoms with E-state index in [0.29, 0.717) is 30.3 Å². The first kappa shape index (κ1) is 14.6. The van der Waals surface area contributed by atoms with Crippen LogP contribution in [0.15, 0.2) is 36.4 Å². The van der Waals surface area contributed by atoms with Gasteiger partial charge in [-0.05, 0) is 35.9 Å². The molecule has 1 heterocycles. The number of nitrogens with zero attached hydrogens (tertiary/aromatic N) is 2. The summed E-state index contributed by atoms with van der Waals surface area (Å²) >= 11 is 6.09. The van der Waals surface area contributed by atoms with Crippen LogP contribution in [-0.4, -0.2) is 20.3 Å². The van der Waals surface area contributed by atoms with Crippen LogP contribution in [0.1, 0.15) is 11.1 Å². The predicted octanol–water partition coefficient (Wildman–Crippen LogP) is 3.62. The van der Waals surface area contributed by atoms with Crippen LogP contribution in [-0.2, 0) is 6.54 Å². The Morgan fingerprint density at radius 1 is 1.14 bits per heavy atom. The second-order valence-electron chi connectivity index (χ2n) is 5.11. The Morgan fingerprint density at radius 3 is 2.64 bits per heavy atom. The molecule has 0 radical (unpaired) electrons. The molecule has 0 unspecified atom stereocenters. The Hall–Kier alpha value is -2.38. The lowest BCUT2D eigenvalue weighted by Crippen LogP contribution is -2.18. The predicted molar refractivity (Wildman–Crippen MR) is 85.7 cm³/mol. The second kappa shape index (κ2) is 6.17. The molecule has 0 N–H and O–H groups in total. The summed E-state index contributed by atoms with van der Waals surface area (Å²) in [7, 11) is 1.98. The van der Waals surface area contributed by atoms with Crippen LogP contribution in [0.3, 0.4) is 0 Å². The number of hydrogen-bond donors (Lipinski definition) is 0. The van der Waals surface area contributed by atoms with Crippen LogP contribution in [0.2, 0.25) is 5.02 Å². The molecule has 0 aliphatic carbocycles. The Bertz CT molecular complexity index is 740. The van der Waals surface area contributed by atoms with E-state index in [1.54, 1.807) is 12.1 Å². The first-order chi connectivity index (χ1) is 10.7. The van der Waals surface area contributed by atoms with Crippen molar-refractivity contribution in [1.82, 2.24) is 0 Å². The molecule has 3 rings (SSSR count). The van der Waals surface area contributed by atoms with Gasteiger partial charge in [0.1, 0.15) is 19.3 Å². The Morgan fingerprint density at radius 2 is 1.91 bits per heavy atom. The number of halogens is 1. The van der Waals surface area contributed by atoms with E-state index in [4.69, 9.17) is 26.3 Å². The third-order valence-electron chi connectivity index (χ3n) is 3.54. The monoisotopic (exact) mass is 314 g/mol. The summed E-state index contributed by atoms with van der Waals surface area (Å²) in [6, 6.07) is 13.4. The standard InChI is InChI=1S/C17H15ClN2O2/c1-20(14-4-3-13(10-19)15(18)9-14)11-12-2-5-16-17(8-12)22-7-6-21-16/h2-5,8-9H,6-7,11H2,1H3. The quantitative estimate of drug-likeness (QED) is 0.868. The zero-order valence-corrected chi connectivity index (χ0v) is 12.9. The molecule has 0 amide bonds. The van der Waals surface area contributed by atoms with Crippen molar-refractivity contribution in [3.8, 4) is 17.6 Å². The maximum Gasteiger partial charge on any atom is 0.161 e. The molecule has 0 aromatic heterocycles. The fraction of sp³-hybridized carbons (Fsp3) is 0.235. The van der Waals surface area contributed by atoms with Crippen LogP contribution in [0.5, 0.6) is 11.5 Å². The Labute approximate surface area is 134 Å². The summed E-state index contributed by atoms with van der Waals surface area (Å²) in [5.41, 5.74) is 2.56. The molecule has 0 atom stereocenters. The van der Waals surface area contributed by atoms with Crippen molar-refractivity contribution in [2.45, 2.75) is 6.54 Å². The van der Waals surface area contributed by atoms with Gasteiger partial charge in [-0.3, -0.25) is 0 Å². The molecule has 5 heteroatoms. The van der Waals surface area contributed by atoms with Crippen LogP contribution >= 0.6 is 11.6 Å². The normalized spacial score (nSPS) is 12.6. The minimum absolute atomic E-state index is 0.467. The number of benzene rings is 2. The van der Waals surface area contributed by atoms with Crippen molar-refractivity contribution >= 4 is 17.3 Å². The number of anilines is 1. The van der Waals surface area contributed by atoms with Gasteiger partial charge >= 0.3 is 0 Å². The fourth-order valence-electron chi connectivity index (χ4n) is 2.38. The summed E-state index contributed by atoms with van der Waals surface area (Å²) in [4.78, 5) is 2.07. The van der Waals surface area contributed by atoms with E-state index in [1.165, 1.54) is 0 Å². The van der Waals surface area contributed by atoms with E-state index in [9.17, 15) is 0 Å². The first-order valence-electron chi connectivity index (χ1n) is 6.96. The van der Waals surface area contributed by atoms with Crippen molar-refractivity contribution in [3.05, 3.63) is 52.5 Å². The van der Waals surface area contributed by atoms with Gasteiger partial charge in [0, 0.05) is 19.3 Å². The lowest BCUT2D eigenvalue weighted by atomic mass is 10.1. The molecule has 0 saturated carbocycles. The number of ether oxygens (including phenoxy) is 2. The van der Waals surface area contributed by atoms with Crippen LogP contribution in [0, 0.1) is 11.3 Å². The lowest BCUT2D eigenvalue weighted by molar-refractivity contribution is 0.171. The molecule has 2 aromatic carbocycles. The molecule has 112 valence electrons. The molecule has 0 saturated heterocycles. The van der Waals surface area contributed by atoms with Gasteiger partial charge in [0.15, 0.2) is 11.5 Å². The highest BCUT2D eigenvalue weighted by atomic mass is 35.5. The highest BCUT2D eigenvalue weighted by Gasteiger charge is 2.13. The Balaban J connectivity index is 1.78. The Kier molecular flexibility index (Phi) is 4.08. The minimum atomic E-state index is 0.467. The SMILES string of the molecule is CN(Cc1ccc2c(c1)OCCO2)c1ccc(C#N)c(Cl)c1. The van der Waals surface area contributed by atoms with E-state index in [1.807, 2.05) is 31.3 Å². The summed E-state index contributed by atoms with van der Waals surface area (Å²) in [5.74, 6) is 1.58. The molecule has 0 bridgehead atoms. The number of hydrogen-bond acceptors (Lipinski definition) is 4. The maximum atomic E-state index is 8.92. The molecule has 22 heavy (non-hydrogen) atoms. The summed E-state index contributed by atoms with van der Waals surface area (Å²) in [6.07, 6.45) is 0. The van der Waals surface area contributed by atoms with Crippen molar-refractivity contribution < 1.29 is 9.47 Å². The number of rotatable bonds is 3. The highest BCUT2D eigenvalue weighted by molar-refractivity contribution is 6.32. The van der Waals surface area contributed by atoms with Crippen LogP contribution in [0.4, 0.5) is 5.69 Å². The maximum absolute atomic E-state index is 8.92. The highest BCUT2D eigenvalue weighted by Crippen LogP contribution is 2.31. The first-order valence-corrected chi connectivity index (χ1v) is 7.34. The zero-order valence-electron chi connectivity index (χ0n) is 12.2. The minimum Gasteiger partial charge on any atom is -0.486 e. The molecular formula is C17H15ClN2O2. The van der Waals surface area contributed by atoms with Crippen LogP contribution < -0.4 is 14.4 Å². The summed E-state index contributed by atoms with van der Waals surface area (Å²) < 4.78 is 11.1. The molecule has 0 fully saturated rings. The van der Waals surface area contributed by atoms with Crippen LogP contribution in [0.25, 0.3) is 0 Å². The van der Waals surface area contributed by atoms with Crippen molar-refractivity contribution in [2.24, 2.45) is 0 Å². The average molecular weight is 315 g/mol. The topological polar surface area (TPSA) is 45.5 Å². The van der Waals surface area contributed by atoms with E-state index in [-0.39, 0.29) is 0 Å². The van der Waals surface area contributed by atoms with Gasteiger partial charge < -0.3 is 14.4 Å². The van der Waals surface area contributed by atoms with Gasteiger partial charge in [-0.1, -0.05) is 17.7 Å². The smallest absolute Gasteiger partial charge is 0.161 e. The molecular weight excluding hydrogens is 300 g/mol. The van der Waals surface area contributed by atoms with Gasteiger partial charge in [-0.2, -0.15) is 5.26 Å². The summed E-state index contributed by atoms with van der Waals surface area (Å²) in [5, 5.41) is 9.39. The largest absolute Gasteiger partial charge is 0.486 e. The number of fused-ring (bicyclic) bond motifs is 1.